The van der Waals surface area contributed by atoms with E-state index in [9.17, 15) is 29.4 Å². The average molecular weight is 621 g/mol. The van der Waals surface area contributed by atoms with Gasteiger partial charge in [0.25, 0.3) is 0 Å². The predicted octanol–water partition coefficient (Wildman–Crippen LogP) is -0.0620. The number of Topliss-reactive ketones (excluding diaryl/α,β-unsaturated/α-hetero) is 2. The molecule has 0 spiro atoms. The van der Waals surface area contributed by atoms with Crippen LogP contribution in [-0.4, -0.2) is 128 Å². The number of aliphatic hydroxyl groups excluding tert-OH is 2. The Bertz CT molecular complexity index is 958. The molecule has 3 saturated heterocycles. The molecule has 0 bridgehead atoms. The van der Waals surface area contributed by atoms with Gasteiger partial charge in [0.15, 0.2) is 31.1 Å². The molecule has 3 fully saturated rings. The molecular weight excluding hydrogens is 576 g/mol. The first-order chi connectivity index (χ1) is 20.3. The van der Waals surface area contributed by atoms with Crippen LogP contribution in [0.3, 0.4) is 0 Å². The molecule has 0 aliphatic carbocycles. The Hall–Kier alpha value is -2.08. The van der Waals surface area contributed by atoms with Crippen molar-refractivity contribution in [2.45, 2.75) is 134 Å². The SMILES string of the molecule is COC1CC(OC(C)=O)C(OC2CC(O)C(OC3CC(OC(C)=O)C(OC)OC3CC(C)=O)OC2CC(C)=O)OC1CO. The van der Waals surface area contributed by atoms with Crippen molar-refractivity contribution in [3.8, 4) is 0 Å². The Morgan fingerprint density at radius 2 is 1.09 bits per heavy atom. The van der Waals surface area contributed by atoms with Crippen molar-refractivity contribution >= 4 is 23.5 Å². The van der Waals surface area contributed by atoms with Gasteiger partial charge in [0, 0.05) is 60.2 Å². The standard InChI is InChI=1S/C28H44O15/c1-13(30)7-19-21(42-28-24(38-16(4)33)10-18(35-5)25(12-29)43-28)9-17(34)26(39-19)40-22-11-23(37-15(3)32)27(36-6)41-20(22)8-14(2)31/h17-29,34H,7-12H2,1-6H3. The molecule has 0 saturated carbocycles. The molecule has 3 rings (SSSR count). The summed E-state index contributed by atoms with van der Waals surface area (Å²) in [5.74, 6) is -1.55. The van der Waals surface area contributed by atoms with Gasteiger partial charge in [-0.05, 0) is 13.8 Å². The second-order valence-electron chi connectivity index (χ2n) is 11.1. The van der Waals surface area contributed by atoms with Crippen LogP contribution >= 0.6 is 0 Å². The summed E-state index contributed by atoms with van der Waals surface area (Å²) in [6.07, 6.45) is -11.1. The first-order valence-corrected chi connectivity index (χ1v) is 14.3. The summed E-state index contributed by atoms with van der Waals surface area (Å²) in [6, 6.07) is 0. The highest BCUT2D eigenvalue weighted by atomic mass is 16.8. The van der Waals surface area contributed by atoms with E-state index in [4.69, 9.17) is 42.6 Å². The van der Waals surface area contributed by atoms with Crippen LogP contribution in [0, 0.1) is 0 Å². The Balaban J connectivity index is 1.78. The van der Waals surface area contributed by atoms with Crippen molar-refractivity contribution in [2.24, 2.45) is 0 Å². The minimum atomic E-state index is -1.27. The highest BCUT2D eigenvalue weighted by Gasteiger charge is 2.48. The third-order valence-electron chi connectivity index (χ3n) is 7.44. The van der Waals surface area contributed by atoms with Crippen LogP contribution in [0.1, 0.15) is 59.8 Å². The molecule has 0 amide bonds. The van der Waals surface area contributed by atoms with E-state index < -0.39 is 85.7 Å². The Kier molecular flexibility index (Phi) is 13.4. The first kappa shape index (κ1) is 35.4. The van der Waals surface area contributed by atoms with Gasteiger partial charge in [0.2, 0.25) is 0 Å². The minimum absolute atomic E-state index is 0.0339. The summed E-state index contributed by atoms with van der Waals surface area (Å²) in [4.78, 5) is 47.7. The quantitative estimate of drug-likeness (QED) is 0.260. The number of hydrogen-bond acceptors (Lipinski definition) is 15. The zero-order chi connectivity index (χ0) is 31.8. The van der Waals surface area contributed by atoms with E-state index in [0.717, 1.165) is 0 Å². The number of ether oxygens (including phenoxy) is 9. The van der Waals surface area contributed by atoms with Gasteiger partial charge in [-0.15, -0.1) is 0 Å². The number of ketones is 2. The van der Waals surface area contributed by atoms with Gasteiger partial charge in [-0.25, -0.2) is 0 Å². The number of methoxy groups -OCH3 is 2. The minimum Gasteiger partial charge on any atom is -0.457 e. The lowest BCUT2D eigenvalue weighted by atomic mass is 9.96. The zero-order valence-electron chi connectivity index (χ0n) is 25.4. The maximum Gasteiger partial charge on any atom is 0.303 e. The topological polar surface area (TPSA) is 192 Å². The van der Waals surface area contributed by atoms with Crippen molar-refractivity contribution in [1.29, 1.82) is 0 Å². The van der Waals surface area contributed by atoms with Crippen molar-refractivity contribution in [2.75, 3.05) is 20.8 Å². The summed E-state index contributed by atoms with van der Waals surface area (Å²) in [5.41, 5.74) is 0. The van der Waals surface area contributed by atoms with Crippen LogP contribution in [0.2, 0.25) is 0 Å². The number of hydrogen-bond donors (Lipinski definition) is 2. The molecule has 0 radical (unpaired) electrons. The monoisotopic (exact) mass is 620 g/mol. The van der Waals surface area contributed by atoms with Crippen molar-refractivity contribution in [3.05, 3.63) is 0 Å². The maximum atomic E-state index is 12.2. The van der Waals surface area contributed by atoms with Gasteiger partial charge in [-0.3, -0.25) is 19.2 Å². The molecule has 15 nitrogen and oxygen atoms in total. The van der Waals surface area contributed by atoms with Crippen LogP contribution in [0.5, 0.6) is 0 Å². The molecule has 12 unspecified atom stereocenters. The summed E-state index contributed by atoms with van der Waals surface area (Å²) in [7, 11) is 2.83. The van der Waals surface area contributed by atoms with E-state index >= 15 is 0 Å². The average Bonchev–Trinajstić information content (AvgIpc) is 2.91. The Labute approximate surface area is 250 Å². The highest BCUT2D eigenvalue weighted by Crippen LogP contribution is 2.35. The molecule has 0 aromatic heterocycles. The van der Waals surface area contributed by atoms with E-state index in [1.165, 1.54) is 41.9 Å². The van der Waals surface area contributed by atoms with Crippen LogP contribution < -0.4 is 0 Å². The van der Waals surface area contributed by atoms with E-state index in [1.54, 1.807) is 0 Å². The van der Waals surface area contributed by atoms with Crippen molar-refractivity contribution in [1.82, 2.24) is 0 Å². The van der Waals surface area contributed by atoms with Gasteiger partial charge in [-0.2, -0.15) is 0 Å². The molecule has 15 heteroatoms. The van der Waals surface area contributed by atoms with Crippen LogP contribution in [0.4, 0.5) is 0 Å². The molecule has 0 aromatic carbocycles. The molecule has 3 aliphatic rings. The number of esters is 2. The normalized spacial score (nSPS) is 38.2. The third kappa shape index (κ3) is 9.96. The fourth-order valence-electron chi connectivity index (χ4n) is 5.58. The molecule has 2 N–H and O–H groups in total. The lowest BCUT2D eigenvalue weighted by Crippen LogP contribution is -2.58. The van der Waals surface area contributed by atoms with Gasteiger partial charge in [0.05, 0.1) is 37.1 Å². The summed E-state index contributed by atoms with van der Waals surface area (Å²) < 4.78 is 51.6. The molecule has 0 aromatic rings. The fourth-order valence-corrected chi connectivity index (χ4v) is 5.58. The first-order valence-electron chi connectivity index (χ1n) is 14.3. The molecule has 43 heavy (non-hydrogen) atoms. The largest absolute Gasteiger partial charge is 0.457 e. The van der Waals surface area contributed by atoms with E-state index in [2.05, 4.69) is 0 Å². The van der Waals surface area contributed by atoms with Gasteiger partial charge in [0.1, 0.15) is 23.8 Å². The lowest BCUT2D eigenvalue weighted by Gasteiger charge is -2.46. The van der Waals surface area contributed by atoms with E-state index in [-0.39, 0.29) is 50.3 Å². The fraction of sp³-hybridized carbons (Fsp3) is 0.857. The van der Waals surface area contributed by atoms with E-state index in [1.807, 2.05) is 0 Å². The second kappa shape index (κ2) is 16.3. The van der Waals surface area contributed by atoms with E-state index in [0.29, 0.717) is 0 Å². The molecule has 3 aliphatic heterocycles. The lowest BCUT2D eigenvalue weighted by molar-refractivity contribution is -0.344. The summed E-state index contributed by atoms with van der Waals surface area (Å²) >= 11 is 0. The molecule has 12 atom stereocenters. The zero-order valence-corrected chi connectivity index (χ0v) is 25.4. The number of aliphatic hydroxyl groups is 2. The molecule has 246 valence electrons. The van der Waals surface area contributed by atoms with Crippen LogP contribution in [-0.2, 0) is 61.8 Å². The number of rotatable bonds is 13. The van der Waals surface area contributed by atoms with Crippen molar-refractivity contribution in [3.63, 3.8) is 0 Å². The van der Waals surface area contributed by atoms with Crippen LogP contribution in [0.15, 0.2) is 0 Å². The predicted molar refractivity (Wildman–Crippen MR) is 142 cm³/mol. The molecular formula is C28H44O15. The molecule has 3 heterocycles. The third-order valence-corrected chi connectivity index (χ3v) is 7.44. The van der Waals surface area contributed by atoms with Gasteiger partial charge >= 0.3 is 11.9 Å². The number of carbonyl (C=O) groups is 4. The Morgan fingerprint density at radius 3 is 1.58 bits per heavy atom. The van der Waals surface area contributed by atoms with Crippen molar-refractivity contribution < 1.29 is 72.0 Å². The summed E-state index contributed by atoms with van der Waals surface area (Å²) in [6.45, 7) is 4.86. The summed E-state index contributed by atoms with van der Waals surface area (Å²) in [5, 5.41) is 20.9. The van der Waals surface area contributed by atoms with Gasteiger partial charge < -0.3 is 52.8 Å². The van der Waals surface area contributed by atoms with Gasteiger partial charge in [-0.1, -0.05) is 0 Å². The highest BCUT2D eigenvalue weighted by molar-refractivity contribution is 5.76. The second-order valence-corrected chi connectivity index (χ2v) is 11.1. The van der Waals surface area contributed by atoms with Crippen LogP contribution in [0.25, 0.3) is 0 Å². The smallest absolute Gasteiger partial charge is 0.303 e. The number of carbonyl (C=O) groups excluding carboxylic acids is 4. The maximum absolute atomic E-state index is 12.2. The Morgan fingerprint density at radius 1 is 0.628 bits per heavy atom.